The Balaban J connectivity index is 1.94. The van der Waals surface area contributed by atoms with E-state index < -0.39 is 0 Å². The molecule has 3 aromatic rings. The van der Waals surface area contributed by atoms with Crippen molar-refractivity contribution < 1.29 is 4.74 Å². The Hall–Kier alpha value is -2.29. The van der Waals surface area contributed by atoms with Gasteiger partial charge in [0.15, 0.2) is 0 Å². The molecule has 0 N–H and O–H groups in total. The number of aromatic nitrogens is 2. The molecule has 0 fully saturated rings. The molecule has 0 amide bonds. The van der Waals surface area contributed by atoms with Crippen LogP contribution in [0.3, 0.4) is 0 Å². The zero-order valence-electron chi connectivity index (χ0n) is 13.2. The number of nitrogens with zero attached hydrogens (tertiary/aromatic N) is 2. The van der Waals surface area contributed by atoms with Gasteiger partial charge in [0.05, 0.1) is 29.7 Å². The molecule has 3 rings (SSSR count). The van der Waals surface area contributed by atoms with Gasteiger partial charge in [-0.15, -0.1) is 0 Å². The van der Waals surface area contributed by atoms with Crippen LogP contribution in [-0.4, -0.2) is 16.4 Å². The third-order valence-electron chi connectivity index (χ3n) is 3.85. The second-order valence-electron chi connectivity index (χ2n) is 5.58. The maximum atomic E-state index is 5.95. The molecule has 1 heterocycles. The third-order valence-corrected chi connectivity index (χ3v) is 3.85. The molecule has 0 atom stereocenters. The minimum atomic E-state index is 0.763. The van der Waals surface area contributed by atoms with Crippen molar-refractivity contribution >= 4 is 10.9 Å². The fourth-order valence-corrected chi connectivity index (χ4v) is 2.71. The van der Waals surface area contributed by atoms with Crippen LogP contribution in [0.15, 0.2) is 48.5 Å². The van der Waals surface area contributed by atoms with Crippen molar-refractivity contribution in [2.75, 3.05) is 6.61 Å². The molecule has 1 aromatic heterocycles. The van der Waals surface area contributed by atoms with Crippen molar-refractivity contribution in [1.29, 1.82) is 0 Å². The fraction of sp³-hybridized carbons (Fsp3) is 0.316. The van der Waals surface area contributed by atoms with Crippen molar-refractivity contribution in [3.63, 3.8) is 0 Å². The highest BCUT2D eigenvalue weighted by Crippen LogP contribution is 2.29. The molecule has 0 aliphatic heterocycles. The highest BCUT2D eigenvalue weighted by molar-refractivity contribution is 5.88. The Kier molecular flexibility index (Phi) is 4.42. The maximum Gasteiger partial charge on any atom is 0.130 e. The van der Waals surface area contributed by atoms with Crippen LogP contribution in [0.1, 0.15) is 31.0 Å². The fourth-order valence-electron chi connectivity index (χ4n) is 2.71. The molecule has 114 valence electrons. The zero-order chi connectivity index (χ0) is 15.4. The molecular weight excluding hydrogens is 272 g/mol. The standard InChI is InChI=1S/C19H22N2O/c1-3-4-13-22-18-12-8-11-17-19(18)15(2)20-21(17)14-16-9-6-5-7-10-16/h5-12H,3-4,13-14H2,1-2H3. The Morgan fingerprint density at radius 3 is 2.64 bits per heavy atom. The van der Waals surface area contributed by atoms with E-state index in [1.165, 1.54) is 5.56 Å². The minimum absolute atomic E-state index is 0.763. The van der Waals surface area contributed by atoms with Gasteiger partial charge in [0.1, 0.15) is 5.75 Å². The van der Waals surface area contributed by atoms with Gasteiger partial charge in [0.25, 0.3) is 0 Å². The molecule has 0 spiro atoms. The molecule has 0 saturated carbocycles. The van der Waals surface area contributed by atoms with E-state index in [1.807, 2.05) is 18.2 Å². The summed E-state index contributed by atoms with van der Waals surface area (Å²) in [5.74, 6) is 0.947. The Morgan fingerprint density at radius 1 is 1.05 bits per heavy atom. The Bertz CT molecular complexity index is 747. The summed E-state index contributed by atoms with van der Waals surface area (Å²) in [5.41, 5.74) is 3.41. The highest BCUT2D eigenvalue weighted by atomic mass is 16.5. The topological polar surface area (TPSA) is 27.1 Å². The van der Waals surface area contributed by atoms with Gasteiger partial charge in [-0.05, 0) is 31.0 Å². The first kappa shape index (κ1) is 14.6. The summed E-state index contributed by atoms with van der Waals surface area (Å²) in [6.07, 6.45) is 2.22. The quantitative estimate of drug-likeness (QED) is 0.623. The summed E-state index contributed by atoms with van der Waals surface area (Å²) < 4.78 is 8.01. The first-order chi connectivity index (χ1) is 10.8. The number of fused-ring (bicyclic) bond motifs is 1. The number of hydrogen-bond acceptors (Lipinski definition) is 2. The van der Waals surface area contributed by atoms with Gasteiger partial charge in [-0.2, -0.15) is 5.10 Å². The summed E-state index contributed by atoms with van der Waals surface area (Å²) >= 11 is 0. The van der Waals surface area contributed by atoms with Crippen LogP contribution in [0.5, 0.6) is 5.75 Å². The van der Waals surface area contributed by atoms with Gasteiger partial charge in [0, 0.05) is 0 Å². The second kappa shape index (κ2) is 6.65. The summed E-state index contributed by atoms with van der Waals surface area (Å²) in [6.45, 7) is 5.77. The average Bonchev–Trinajstić information content (AvgIpc) is 2.86. The van der Waals surface area contributed by atoms with Gasteiger partial charge in [-0.25, -0.2) is 0 Å². The lowest BCUT2D eigenvalue weighted by Gasteiger charge is -2.08. The molecule has 0 bridgehead atoms. The third kappa shape index (κ3) is 2.98. The molecular formula is C19H22N2O. The predicted octanol–water partition coefficient (Wildman–Crippen LogP) is 4.57. The maximum absolute atomic E-state index is 5.95. The number of unbranched alkanes of at least 4 members (excludes halogenated alkanes) is 1. The first-order valence-corrected chi connectivity index (χ1v) is 7.92. The zero-order valence-corrected chi connectivity index (χ0v) is 13.2. The van der Waals surface area contributed by atoms with Crippen LogP contribution in [0.4, 0.5) is 0 Å². The van der Waals surface area contributed by atoms with Crippen LogP contribution < -0.4 is 4.74 Å². The Morgan fingerprint density at radius 2 is 1.86 bits per heavy atom. The van der Waals surface area contributed by atoms with E-state index in [1.54, 1.807) is 0 Å². The van der Waals surface area contributed by atoms with Crippen LogP contribution in [0, 0.1) is 6.92 Å². The molecule has 0 aliphatic rings. The molecule has 0 aliphatic carbocycles. The van der Waals surface area contributed by atoms with E-state index in [0.29, 0.717) is 0 Å². The van der Waals surface area contributed by atoms with Gasteiger partial charge in [-0.3, -0.25) is 4.68 Å². The summed E-state index contributed by atoms with van der Waals surface area (Å²) in [4.78, 5) is 0. The van der Waals surface area contributed by atoms with Crippen molar-refractivity contribution in [2.24, 2.45) is 0 Å². The van der Waals surface area contributed by atoms with Crippen LogP contribution in [0.25, 0.3) is 10.9 Å². The van der Waals surface area contributed by atoms with E-state index in [4.69, 9.17) is 9.84 Å². The van der Waals surface area contributed by atoms with Crippen LogP contribution in [-0.2, 0) is 6.54 Å². The summed E-state index contributed by atoms with van der Waals surface area (Å²) in [5, 5.41) is 5.84. The molecule has 3 heteroatoms. The van der Waals surface area contributed by atoms with Gasteiger partial charge in [0.2, 0.25) is 0 Å². The number of aryl methyl sites for hydroxylation is 1. The first-order valence-electron chi connectivity index (χ1n) is 7.92. The average molecular weight is 294 g/mol. The lowest BCUT2D eigenvalue weighted by atomic mass is 10.2. The van der Waals surface area contributed by atoms with E-state index >= 15 is 0 Å². The Labute approximate surface area is 131 Å². The van der Waals surface area contributed by atoms with E-state index in [2.05, 4.69) is 48.9 Å². The minimum Gasteiger partial charge on any atom is -0.493 e. The van der Waals surface area contributed by atoms with E-state index in [-0.39, 0.29) is 0 Å². The molecule has 3 nitrogen and oxygen atoms in total. The lowest BCUT2D eigenvalue weighted by Crippen LogP contribution is -2.01. The van der Waals surface area contributed by atoms with E-state index in [9.17, 15) is 0 Å². The highest BCUT2D eigenvalue weighted by Gasteiger charge is 2.12. The molecule has 22 heavy (non-hydrogen) atoms. The van der Waals surface area contributed by atoms with E-state index in [0.717, 1.165) is 48.3 Å². The van der Waals surface area contributed by atoms with Crippen molar-refractivity contribution in [3.8, 4) is 5.75 Å². The monoisotopic (exact) mass is 294 g/mol. The second-order valence-corrected chi connectivity index (χ2v) is 5.58. The van der Waals surface area contributed by atoms with Crippen molar-refractivity contribution in [3.05, 3.63) is 59.8 Å². The number of hydrogen-bond donors (Lipinski definition) is 0. The van der Waals surface area contributed by atoms with Gasteiger partial charge in [-0.1, -0.05) is 49.7 Å². The SMILES string of the molecule is CCCCOc1cccc2c1c(C)nn2Cc1ccccc1. The molecule has 0 saturated heterocycles. The molecule has 0 radical (unpaired) electrons. The van der Waals surface area contributed by atoms with Crippen molar-refractivity contribution in [1.82, 2.24) is 9.78 Å². The number of benzene rings is 2. The molecule has 2 aromatic carbocycles. The lowest BCUT2D eigenvalue weighted by molar-refractivity contribution is 0.313. The van der Waals surface area contributed by atoms with Crippen molar-refractivity contribution in [2.45, 2.75) is 33.2 Å². The van der Waals surface area contributed by atoms with Crippen LogP contribution in [0.2, 0.25) is 0 Å². The predicted molar refractivity (Wildman–Crippen MR) is 90.4 cm³/mol. The normalized spacial score (nSPS) is 11.0. The molecule has 0 unspecified atom stereocenters. The smallest absolute Gasteiger partial charge is 0.130 e. The number of ether oxygens (including phenoxy) is 1. The number of rotatable bonds is 6. The largest absolute Gasteiger partial charge is 0.493 e. The summed E-state index contributed by atoms with van der Waals surface area (Å²) in [7, 11) is 0. The van der Waals surface area contributed by atoms with Gasteiger partial charge < -0.3 is 4.74 Å². The summed E-state index contributed by atoms with van der Waals surface area (Å²) in [6, 6.07) is 16.6. The van der Waals surface area contributed by atoms with Gasteiger partial charge >= 0.3 is 0 Å². The van der Waals surface area contributed by atoms with Crippen LogP contribution >= 0.6 is 0 Å².